The van der Waals surface area contributed by atoms with Crippen LogP contribution in [0.4, 0.5) is 0 Å². The summed E-state index contributed by atoms with van der Waals surface area (Å²) in [7, 11) is 1.80. The predicted molar refractivity (Wildman–Crippen MR) is 139 cm³/mol. The predicted octanol–water partition coefficient (Wildman–Crippen LogP) is 4.63. The lowest BCUT2D eigenvalue weighted by Gasteiger charge is -2.44. The summed E-state index contributed by atoms with van der Waals surface area (Å²) in [5.74, 6) is 0.661. The molecule has 3 aromatic rings. The Bertz CT molecular complexity index is 1130. The molecule has 2 N–H and O–H groups in total. The molecule has 0 unspecified atom stereocenters. The quantitative estimate of drug-likeness (QED) is 0.481. The van der Waals surface area contributed by atoms with E-state index in [0.717, 1.165) is 49.5 Å². The Kier molecular flexibility index (Phi) is 7.09. The number of fused-ring (bicyclic) bond motifs is 2. The lowest BCUT2D eigenvalue weighted by Crippen LogP contribution is -2.50. The van der Waals surface area contributed by atoms with Crippen molar-refractivity contribution in [1.29, 1.82) is 0 Å². The molecule has 1 amide bonds. The molecule has 0 bridgehead atoms. The molecule has 0 saturated carbocycles. The van der Waals surface area contributed by atoms with Crippen LogP contribution in [0.3, 0.4) is 0 Å². The number of methoxy groups -OCH3 is 1. The molecule has 7 heteroatoms. The zero-order chi connectivity index (χ0) is 24.4. The zero-order valence-electron chi connectivity index (χ0n) is 20.9. The van der Waals surface area contributed by atoms with Crippen molar-refractivity contribution in [3.05, 3.63) is 75.2 Å². The van der Waals surface area contributed by atoms with Crippen LogP contribution in [0.15, 0.2) is 47.8 Å². The van der Waals surface area contributed by atoms with Gasteiger partial charge >= 0.3 is 0 Å². The third-order valence-corrected chi connectivity index (χ3v) is 8.48. The minimum Gasteiger partial charge on any atom is -0.378 e. The normalized spacial score (nSPS) is 21.5. The molecule has 1 fully saturated rings. The van der Waals surface area contributed by atoms with E-state index in [1.807, 2.05) is 17.5 Å². The van der Waals surface area contributed by atoms with Crippen molar-refractivity contribution in [1.82, 2.24) is 20.4 Å². The molecular formula is C28H36N4O2S. The van der Waals surface area contributed by atoms with E-state index < -0.39 is 0 Å². The fourth-order valence-electron chi connectivity index (χ4n) is 6.09. The summed E-state index contributed by atoms with van der Waals surface area (Å²) in [6, 6.07) is 14.7. The topological polar surface area (TPSA) is 70.2 Å². The number of carbonyl (C=O) groups is 1. The Morgan fingerprint density at radius 3 is 2.77 bits per heavy atom. The maximum absolute atomic E-state index is 13.0. The van der Waals surface area contributed by atoms with Gasteiger partial charge in [-0.1, -0.05) is 44.2 Å². The number of nitrogens with zero attached hydrogens (tertiary/aromatic N) is 2. The van der Waals surface area contributed by atoms with Gasteiger partial charge in [0.05, 0.1) is 24.3 Å². The van der Waals surface area contributed by atoms with Crippen molar-refractivity contribution in [3.8, 4) is 0 Å². The number of carbonyl (C=O) groups excluding carboxylic acids is 1. The van der Waals surface area contributed by atoms with Gasteiger partial charge in [-0.3, -0.25) is 14.8 Å². The first-order valence-corrected chi connectivity index (χ1v) is 13.6. The number of likely N-dealkylation sites (tertiary alicyclic amines) is 1. The lowest BCUT2D eigenvalue weighted by atomic mass is 9.72. The number of rotatable bonds is 8. The number of hydrogen-bond acceptors (Lipinski definition) is 5. The van der Waals surface area contributed by atoms with Gasteiger partial charge in [0, 0.05) is 29.6 Å². The molecule has 1 aliphatic heterocycles. The summed E-state index contributed by atoms with van der Waals surface area (Å²) in [4.78, 5) is 16.5. The minimum absolute atomic E-state index is 0.0558. The van der Waals surface area contributed by atoms with Gasteiger partial charge in [0.2, 0.25) is 5.91 Å². The summed E-state index contributed by atoms with van der Waals surface area (Å²) < 4.78 is 6.18. The average Bonchev–Trinajstić information content (AvgIpc) is 3.56. The highest BCUT2D eigenvalue weighted by molar-refractivity contribution is 7.10. The first-order chi connectivity index (χ1) is 17.0. The number of aromatic nitrogens is 2. The molecule has 6 nitrogen and oxygen atoms in total. The van der Waals surface area contributed by atoms with Crippen LogP contribution in [-0.2, 0) is 34.3 Å². The van der Waals surface area contributed by atoms with E-state index in [0.29, 0.717) is 12.3 Å². The van der Waals surface area contributed by atoms with E-state index >= 15 is 0 Å². The molecule has 1 spiro atoms. The summed E-state index contributed by atoms with van der Waals surface area (Å²) in [5.41, 5.74) is 4.80. The standard InChI is InChI=1S/C28H36N4O2S/c1-19(2)15-20-16-21(31-30-20)18-32-12-10-28(11-13-32)24-9-5-4-8-23(24)26(27(28)34-3)29-25(33)17-22-7-6-14-35-22/h4-9,14,16,19,26-27H,10-13,15,17-18H2,1-3H3,(H,29,33)(H,30,31)/t26-,27+/m1/s1. The largest absolute Gasteiger partial charge is 0.378 e. The van der Waals surface area contributed by atoms with Gasteiger partial charge in [-0.25, -0.2) is 0 Å². The third kappa shape index (κ3) is 4.95. The molecule has 35 heavy (non-hydrogen) atoms. The highest BCUT2D eigenvalue weighted by Crippen LogP contribution is 2.52. The number of benzene rings is 1. The van der Waals surface area contributed by atoms with Crippen LogP contribution < -0.4 is 5.32 Å². The first kappa shape index (κ1) is 24.2. The van der Waals surface area contributed by atoms with E-state index in [1.54, 1.807) is 18.4 Å². The van der Waals surface area contributed by atoms with Crippen LogP contribution in [-0.4, -0.2) is 47.3 Å². The van der Waals surface area contributed by atoms with Crippen molar-refractivity contribution >= 4 is 17.2 Å². The molecule has 2 atom stereocenters. The Morgan fingerprint density at radius 2 is 2.06 bits per heavy atom. The van der Waals surface area contributed by atoms with Crippen LogP contribution in [0.25, 0.3) is 0 Å². The molecule has 2 aromatic heterocycles. The Morgan fingerprint density at radius 1 is 1.26 bits per heavy atom. The van der Waals surface area contributed by atoms with E-state index in [1.165, 1.54) is 16.8 Å². The second-order valence-corrected chi connectivity index (χ2v) is 11.5. The lowest BCUT2D eigenvalue weighted by molar-refractivity contribution is -0.122. The Labute approximate surface area is 212 Å². The number of thiophene rings is 1. The fraction of sp³-hybridized carbons (Fsp3) is 0.500. The van der Waals surface area contributed by atoms with E-state index in [9.17, 15) is 4.79 Å². The highest BCUT2D eigenvalue weighted by Gasteiger charge is 2.53. The van der Waals surface area contributed by atoms with Crippen molar-refractivity contribution < 1.29 is 9.53 Å². The van der Waals surface area contributed by atoms with Gasteiger partial charge in [0.15, 0.2) is 0 Å². The van der Waals surface area contributed by atoms with E-state index in [4.69, 9.17) is 4.74 Å². The van der Waals surface area contributed by atoms with Crippen LogP contribution in [0, 0.1) is 5.92 Å². The van der Waals surface area contributed by atoms with Crippen LogP contribution in [0.2, 0.25) is 0 Å². The van der Waals surface area contributed by atoms with Crippen molar-refractivity contribution in [2.24, 2.45) is 5.92 Å². The zero-order valence-corrected chi connectivity index (χ0v) is 21.7. The number of H-pyrrole nitrogens is 1. The second kappa shape index (κ2) is 10.2. The van der Waals surface area contributed by atoms with E-state index in [2.05, 4.69) is 64.6 Å². The molecule has 0 radical (unpaired) electrons. The minimum atomic E-state index is -0.124. The maximum Gasteiger partial charge on any atom is 0.225 e. The fourth-order valence-corrected chi connectivity index (χ4v) is 6.79. The molecule has 186 valence electrons. The monoisotopic (exact) mass is 492 g/mol. The summed E-state index contributed by atoms with van der Waals surface area (Å²) in [6.45, 7) is 7.32. The highest BCUT2D eigenvalue weighted by atomic mass is 32.1. The van der Waals surface area contributed by atoms with Crippen LogP contribution in [0.5, 0.6) is 0 Å². The van der Waals surface area contributed by atoms with Crippen molar-refractivity contribution in [2.75, 3.05) is 20.2 Å². The van der Waals surface area contributed by atoms with Crippen LogP contribution in [0.1, 0.15) is 60.1 Å². The SMILES string of the molecule is CO[C@H]1[C@H](NC(=O)Cc2cccs2)c2ccccc2C12CCN(Cc1cc(CC(C)C)n[nH]1)CC2. The molecule has 2 aliphatic rings. The smallest absolute Gasteiger partial charge is 0.225 e. The number of nitrogens with one attached hydrogen (secondary N) is 2. The Balaban J connectivity index is 1.30. The first-order valence-electron chi connectivity index (χ1n) is 12.7. The molecule has 5 rings (SSSR count). The van der Waals surface area contributed by atoms with Gasteiger partial charge in [0.25, 0.3) is 0 Å². The van der Waals surface area contributed by atoms with E-state index in [-0.39, 0.29) is 23.5 Å². The number of amides is 1. The molecule has 1 aliphatic carbocycles. The van der Waals surface area contributed by atoms with Crippen molar-refractivity contribution in [3.63, 3.8) is 0 Å². The van der Waals surface area contributed by atoms with Gasteiger partial charge < -0.3 is 10.1 Å². The third-order valence-electron chi connectivity index (χ3n) is 7.61. The van der Waals surface area contributed by atoms with Gasteiger partial charge in [-0.15, -0.1) is 11.3 Å². The summed E-state index contributed by atoms with van der Waals surface area (Å²) in [6.07, 6.45) is 3.36. The van der Waals surface area contributed by atoms with Gasteiger partial charge in [0.1, 0.15) is 0 Å². The maximum atomic E-state index is 13.0. The average molecular weight is 493 g/mol. The number of piperidine rings is 1. The van der Waals surface area contributed by atoms with Gasteiger partial charge in [-0.05, 0) is 66.9 Å². The number of aromatic amines is 1. The summed E-state index contributed by atoms with van der Waals surface area (Å²) in [5, 5.41) is 13.1. The van der Waals surface area contributed by atoms with Crippen molar-refractivity contribution in [2.45, 2.75) is 63.6 Å². The number of hydrogen-bond donors (Lipinski definition) is 2. The second-order valence-electron chi connectivity index (χ2n) is 10.5. The molecule has 1 aromatic carbocycles. The van der Waals surface area contributed by atoms with Crippen LogP contribution >= 0.6 is 11.3 Å². The molecular weight excluding hydrogens is 456 g/mol. The Hall–Kier alpha value is -2.48. The summed E-state index contributed by atoms with van der Waals surface area (Å²) >= 11 is 1.62. The van der Waals surface area contributed by atoms with Gasteiger partial charge in [-0.2, -0.15) is 5.10 Å². The molecule has 1 saturated heterocycles. The number of ether oxygens (including phenoxy) is 1. The molecule has 3 heterocycles.